The first-order valence-electron chi connectivity index (χ1n) is 6.68. The third-order valence-electron chi connectivity index (χ3n) is 3.42. The molecule has 2 rings (SSSR count). The van der Waals surface area contributed by atoms with Gasteiger partial charge in [-0.25, -0.2) is 9.78 Å². The minimum Gasteiger partial charge on any atom is -0.478 e. The van der Waals surface area contributed by atoms with Crippen LogP contribution >= 0.6 is 0 Å². The van der Waals surface area contributed by atoms with Crippen LogP contribution in [0.25, 0.3) is 11.0 Å². The molecule has 0 fully saturated rings. The van der Waals surface area contributed by atoms with Crippen LogP contribution in [-0.4, -0.2) is 26.5 Å². The maximum absolute atomic E-state index is 11.6. The number of hydrogen-bond donors (Lipinski definition) is 2. The third-order valence-corrected chi connectivity index (χ3v) is 3.42. The van der Waals surface area contributed by atoms with Crippen molar-refractivity contribution in [1.29, 1.82) is 0 Å². The molecule has 3 N–H and O–H groups in total. The molecule has 0 saturated heterocycles. The average molecular weight is 289 g/mol. The highest BCUT2D eigenvalue weighted by Crippen LogP contribution is 2.30. The molecule has 21 heavy (non-hydrogen) atoms. The molecule has 0 aliphatic carbocycles. The number of benzene rings is 1. The maximum Gasteiger partial charge on any atom is 0.337 e. The van der Waals surface area contributed by atoms with E-state index in [0.29, 0.717) is 16.9 Å². The molecule has 1 heterocycles. The molecule has 112 valence electrons. The quantitative estimate of drug-likeness (QED) is 0.903. The van der Waals surface area contributed by atoms with E-state index in [1.807, 2.05) is 20.8 Å². The van der Waals surface area contributed by atoms with Crippen LogP contribution in [0.1, 0.15) is 49.9 Å². The Balaban J connectivity index is 2.89. The average Bonchev–Trinajstić information content (AvgIpc) is 2.76. The number of imidazole rings is 1. The van der Waals surface area contributed by atoms with E-state index in [1.54, 1.807) is 23.6 Å². The summed E-state index contributed by atoms with van der Waals surface area (Å²) in [6, 6.07) is 4.30. The summed E-state index contributed by atoms with van der Waals surface area (Å²) in [5.41, 5.74) is 6.18. The zero-order chi connectivity index (χ0) is 15.9. The molecular formula is C15H19N3O3. The van der Waals surface area contributed by atoms with Gasteiger partial charge in [-0.05, 0) is 19.1 Å². The Morgan fingerprint density at radius 2 is 1.95 bits per heavy atom. The van der Waals surface area contributed by atoms with E-state index in [9.17, 15) is 14.7 Å². The van der Waals surface area contributed by atoms with Crippen molar-refractivity contribution >= 4 is 22.9 Å². The van der Waals surface area contributed by atoms with Gasteiger partial charge in [0.2, 0.25) is 5.91 Å². The van der Waals surface area contributed by atoms with Crippen molar-refractivity contribution in [2.24, 2.45) is 5.73 Å². The molecule has 1 aromatic carbocycles. The van der Waals surface area contributed by atoms with E-state index in [4.69, 9.17) is 5.73 Å². The number of nitrogens with zero attached hydrogens (tertiary/aromatic N) is 2. The van der Waals surface area contributed by atoms with Crippen LogP contribution in [0.5, 0.6) is 0 Å². The fourth-order valence-electron chi connectivity index (χ4n) is 2.34. The lowest BCUT2D eigenvalue weighted by molar-refractivity contribution is -0.120. The van der Waals surface area contributed by atoms with Crippen molar-refractivity contribution < 1.29 is 14.7 Å². The fourth-order valence-corrected chi connectivity index (χ4v) is 2.34. The third kappa shape index (κ3) is 2.49. The Hall–Kier alpha value is -2.37. The second-order valence-corrected chi connectivity index (χ2v) is 6.11. The van der Waals surface area contributed by atoms with Gasteiger partial charge in [0.05, 0.1) is 11.1 Å². The lowest BCUT2D eigenvalue weighted by Gasteiger charge is -2.22. The van der Waals surface area contributed by atoms with Crippen molar-refractivity contribution in [2.45, 2.75) is 39.2 Å². The smallest absolute Gasteiger partial charge is 0.337 e. The molecule has 6 nitrogen and oxygen atoms in total. The summed E-state index contributed by atoms with van der Waals surface area (Å²) in [7, 11) is 0. The summed E-state index contributed by atoms with van der Waals surface area (Å²) >= 11 is 0. The SMILES string of the molecule is CC(C(N)=O)n1c(C(C)(C)C)nc2c(C(=O)O)cccc21. The number of primary amides is 1. The van der Waals surface area contributed by atoms with Gasteiger partial charge in [0.15, 0.2) is 0 Å². The van der Waals surface area contributed by atoms with Crippen LogP contribution in [0, 0.1) is 0 Å². The zero-order valence-corrected chi connectivity index (χ0v) is 12.5. The zero-order valence-electron chi connectivity index (χ0n) is 12.5. The number of carboxylic acids is 1. The lowest BCUT2D eigenvalue weighted by Crippen LogP contribution is -2.28. The highest BCUT2D eigenvalue weighted by molar-refractivity contribution is 6.01. The number of nitrogens with two attached hydrogens (primary N) is 1. The fraction of sp³-hybridized carbons (Fsp3) is 0.400. The minimum absolute atomic E-state index is 0.119. The van der Waals surface area contributed by atoms with Crippen molar-refractivity contribution in [3.63, 3.8) is 0 Å². The molecule has 2 aromatic rings. The molecule has 0 aliphatic rings. The Bertz CT molecular complexity index is 726. The van der Waals surface area contributed by atoms with Gasteiger partial charge in [-0.15, -0.1) is 0 Å². The summed E-state index contributed by atoms with van der Waals surface area (Å²) in [6.45, 7) is 7.56. The second-order valence-electron chi connectivity index (χ2n) is 6.11. The Labute approximate surface area is 122 Å². The number of carbonyl (C=O) groups excluding carboxylic acids is 1. The minimum atomic E-state index is -1.04. The van der Waals surface area contributed by atoms with E-state index in [-0.39, 0.29) is 11.0 Å². The van der Waals surface area contributed by atoms with Gasteiger partial charge in [-0.3, -0.25) is 4.79 Å². The lowest BCUT2D eigenvalue weighted by atomic mass is 9.95. The van der Waals surface area contributed by atoms with Crippen molar-refractivity contribution in [1.82, 2.24) is 9.55 Å². The molecule has 1 aromatic heterocycles. The summed E-state index contributed by atoms with van der Waals surface area (Å²) in [5, 5.41) is 9.29. The van der Waals surface area contributed by atoms with Crippen LogP contribution < -0.4 is 5.73 Å². The van der Waals surface area contributed by atoms with Crippen LogP contribution in [0.4, 0.5) is 0 Å². The van der Waals surface area contributed by atoms with Crippen LogP contribution in [0.15, 0.2) is 18.2 Å². The van der Waals surface area contributed by atoms with E-state index in [1.165, 1.54) is 6.07 Å². The first-order chi connectivity index (χ1) is 9.64. The molecule has 1 amide bonds. The van der Waals surface area contributed by atoms with Gasteiger partial charge < -0.3 is 15.4 Å². The highest BCUT2D eigenvalue weighted by atomic mass is 16.4. The van der Waals surface area contributed by atoms with Gasteiger partial charge in [-0.1, -0.05) is 26.8 Å². The predicted octanol–water partition coefficient (Wildman–Crippen LogP) is 2.08. The largest absolute Gasteiger partial charge is 0.478 e. The standard InChI is InChI=1S/C15H19N3O3/c1-8(12(16)19)18-10-7-5-6-9(13(20)21)11(10)17-14(18)15(2,3)4/h5-8H,1-4H3,(H2,16,19)(H,20,21). The monoisotopic (exact) mass is 289 g/mol. The number of rotatable bonds is 3. The van der Waals surface area contributed by atoms with Gasteiger partial charge in [-0.2, -0.15) is 0 Å². The summed E-state index contributed by atoms with van der Waals surface area (Å²) < 4.78 is 1.73. The Morgan fingerprint density at radius 1 is 1.33 bits per heavy atom. The first kappa shape index (κ1) is 15.0. The van der Waals surface area contributed by atoms with Crippen LogP contribution in [0.3, 0.4) is 0 Å². The van der Waals surface area contributed by atoms with Crippen molar-refractivity contribution in [3.05, 3.63) is 29.6 Å². The van der Waals surface area contributed by atoms with Crippen molar-refractivity contribution in [3.8, 4) is 0 Å². The number of aromatic carboxylic acids is 1. The van der Waals surface area contributed by atoms with E-state index in [0.717, 1.165) is 0 Å². The molecule has 1 unspecified atom stereocenters. The number of aromatic nitrogens is 2. The number of para-hydroxylation sites is 1. The molecule has 0 radical (unpaired) electrons. The highest BCUT2D eigenvalue weighted by Gasteiger charge is 2.28. The number of hydrogen-bond acceptors (Lipinski definition) is 3. The molecular weight excluding hydrogens is 270 g/mol. The summed E-state index contributed by atoms with van der Waals surface area (Å²) in [5.74, 6) is -0.893. The summed E-state index contributed by atoms with van der Waals surface area (Å²) in [6.07, 6.45) is 0. The second kappa shape index (κ2) is 4.87. The van der Waals surface area contributed by atoms with E-state index >= 15 is 0 Å². The van der Waals surface area contributed by atoms with Crippen LogP contribution in [-0.2, 0) is 10.2 Å². The number of amides is 1. The van der Waals surface area contributed by atoms with Gasteiger partial charge in [0.1, 0.15) is 17.4 Å². The molecule has 0 saturated carbocycles. The number of carboxylic acid groups (broad SMARTS) is 1. The predicted molar refractivity (Wildman–Crippen MR) is 79.3 cm³/mol. The first-order valence-corrected chi connectivity index (χ1v) is 6.68. The van der Waals surface area contributed by atoms with Crippen molar-refractivity contribution in [2.75, 3.05) is 0 Å². The molecule has 1 atom stereocenters. The molecule has 6 heteroatoms. The van der Waals surface area contributed by atoms with Gasteiger partial charge in [0, 0.05) is 5.41 Å². The molecule has 0 spiro atoms. The molecule has 0 bridgehead atoms. The Kier molecular flexibility index (Phi) is 3.49. The number of carbonyl (C=O) groups is 2. The normalized spacial score (nSPS) is 13.3. The van der Waals surface area contributed by atoms with E-state index in [2.05, 4.69) is 4.98 Å². The Morgan fingerprint density at radius 3 is 2.43 bits per heavy atom. The van der Waals surface area contributed by atoms with Gasteiger partial charge in [0.25, 0.3) is 0 Å². The maximum atomic E-state index is 11.6. The summed E-state index contributed by atoms with van der Waals surface area (Å²) in [4.78, 5) is 27.4. The van der Waals surface area contributed by atoms with Gasteiger partial charge >= 0.3 is 5.97 Å². The topological polar surface area (TPSA) is 98.2 Å². The van der Waals surface area contributed by atoms with E-state index < -0.39 is 17.9 Å². The van der Waals surface area contributed by atoms with Crippen LogP contribution in [0.2, 0.25) is 0 Å². The number of fused-ring (bicyclic) bond motifs is 1. The molecule has 0 aliphatic heterocycles.